The largest absolute Gasteiger partial charge is 0.345 e. The first kappa shape index (κ1) is 12.1. The second-order valence-electron chi connectivity index (χ2n) is 3.58. The van der Waals surface area contributed by atoms with Gasteiger partial charge in [-0.1, -0.05) is 17.7 Å². The number of hydrogen-bond donors (Lipinski definition) is 1. The Kier molecular flexibility index (Phi) is 3.76. The SMILES string of the molecule is C[C@H](NC(=O)c1ccc(Cl)nc1)c1cccs1. The summed E-state index contributed by atoms with van der Waals surface area (Å²) < 4.78 is 0. The summed E-state index contributed by atoms with van der Waals surface area (Å²) in [6.45, 7) is 1.95. The maximum atomic E-state index is 11.9. The quantitative estimate of drug-likeness (QED) is 0.867. The van der Waals surface area contributed by atoms with E-state index in [4.69, 9.17) is 11.6 Å². The highest BCUT2D eigenvalue weighted by molar-refractivity contribution is 7.10. The summed E-state index contributed by atoms with van der Waals surface area (Å²) in [5, 5.41) is 5.28. The van der Waals surface area contributed by atoms with Crippen LogP contribution in [0.3, 0.4) is 0 Å². The van der Waals surface area contributed by atoms with Gasteiger partial charge in [0.1, 0.15) is 5.15 Å². The Labute approximate surface area is 108 Å². The van der Waals surface area contributed by atoms with Crippen molar-refractivity contribution in [3.8, 4) is 0 Å². The van der Waals surface area contributed by atoms with E-state index in [9.17, 15) is 4.79 Å². The molecule has 2 heterocycles. The Hall–Kier alpha value is -1.39. The topological polar surface area (TPSA) is 42.0 Å². The van der Waals surface area contributed by atoms with Crippen LogP contribution < -0.4 is 5.32 Å². The number of carbonyl (C=O) groups is 1. The van der Waals surface area contributed by atoms with Crippen molar-refractivity contribution in [3.63, 3.8) is 0 Å². The average Bonchev–Trinajstić information content (AvgIpc) is 2.83. The van der Waals surface area contributed by atoms with E-state index in [0.717, 1.165) is 4.88 Å². The molecular weight excluding hydrogens is 256 g/mol. The highest BCUT2D eigenvalue weighted by Gasteiger charge is 2.12. The maximum absolute atomic E-state index is 11.9. The third kappa shape index (κ3) is 3.05. The van der Waals surface area contributed by atoms with E-state index >= 15 is 0 Å². The van der Waals surface area contributed by atoms with Crippen LogP contribution in [0.15, 0.2) is 35.8 Å². The van der Waals surface area contributed by atoms with Crippen molar-refractivity contribution in [1.29, 1.82) is 0 Å². The molecule has 1 amide bonds. The van der Waals surface area contributed by atoms with Crippen molar-refractivity contribution in [3.05, 3.63) is 51.4 Å². The van der Waals surface area contributed by atoms with Crippen LogP contribution in [0.25, 0.3) is 0 Å². The zero-order valence-corrected chi connectivity index (χ0v) is 10.8. The van der Waals surface area contributed by atoms with Crippen LogP contribution >= 0.6 is 22.9 Å². The maximum Gasteiger partial charge on any atom is 0.253 e. The molecule has 3 nitrogen and oxygen atoms in total. The summed E-state index contributed by atoms with van der Waals surface area (Å²) in [6, 6.07) is 7.22. The molecule has 17 heavy (non-hydrogen) atoms. The summed E-state index contributed by atoms with van der Waals surface area (Å²) in [5.74, 6) is -0.143. The van der Waals surface area contributed by atoms with Gasteiger partial charge in [-0.25, -0.2) is 4.98 Å². The summed E-state index contributed by atoms with van der Waals surface area (Å²) in [5.41, 5.74) is 0.512. The summed E-state index contributed by atoms with van der Waals surface area (Å²) in [7, 11) is 0. The Morgan fingerprint density at radius 3 is 2.88 bits per heavy atom. The molecule has 2 rings (SSSR count). The first-order valence-corrected chi connectivity index (χ1v) is 6.38. The lowest BCUT2D eigenvalue weighted by Gasteiger charge is -2.11. The van der Waals surface area contributed by atoms with E-state index in [1.807, 2.05) is 24.4 Å². The van der Waals surface area contributed by atoms with E-state index in [1.54, 1.807) is 23.5 Å². The number of pyridine rings is 1. The second-order valence-corrected chi connectivity index (χ2v) is 4.95. The van der Waals surface area contributed by atoms with Gasteiger partial charge < -0.3 is 5.32 Å². The Bertz CT molecular complexity index is 496. The third-order valence-corrected chi connectivity index (χ3v) is 3.59. The lowest BCUT2D eigenvalue weighted by molar-refractivity contribution is 0.0940. The average molecular weight is 267 g/mol. The van der Waals surface area contributed by atoms with Crippen molar-refractivity contribution in [2.45, 2.75) is 13.0 Å². The monoisotopic (exact) mass is 266 g/mol. The number of hydrogen-bond acceptors (Lipinski definition) is 3. The molecule has 0 aromatic carbocycles. The van der Waals surface area contributed by atoms with E-state index in [1.165, 1.54) is 6.20 Å². The first-order valence-electron chi connectivity index (χ1n) is 5.12. The van der Waals surface area contributed by atoms with Gasteiger partial charge in [-0.2, -0.15) is 0 Å². The molecule has 2 aromatic heterocycles. The van der Waals surface area contributed by atoms with Crippen molar-refractivity contribution in [2.24, 2.45) is 0 Å². The molecule has 0 saturated carbocycles. The fraction of sp³-hybridized carbons (Fsp3) is 0.167. The number of thiophene rings is 1. The highest BCUT2D eigenvalue weighted by atomic mass is 35.5. The number of rotatable bonds is 3. The standard InChI is InChI=1S/C12H11ClN2OS/c1-8(10-3-2-6-17-10)15-12(16)9-4-5-11(13)14-7-9/h2-8H,1H3,(H,15,16)/t8-/m0/s1. The molecule has 1 atom stereocenters. The van der Waals surface area contributed by atoms with Crippen LogP contribution in [-0.4, -0.2) is 10.9 Å². The molecule has 0 fully saturated rings. The minimum absolute atomic E-state index is 0.00169. The fourth-order valence-electron chi connectivity index (χ4n) is 1.40. The molecule has 2 aromatic rings. The van der Waals surface area contributed by atoms with Gasteiger partial charge in [0, 0.05) is 11.1 Å². The van der Waals surface area contributed by atoms with Gasteiger partial charge in [0.25, 0.3) is 5.91 Å². The molecule has 0 saturated heterocycles. The Morgan fingerprint density at radius 1 is 1.47 bits per heavy atom. The molecule has 0 radical (unpaired) electrons. The van der Waals surface area contributed by atoms with Gasteiger partial charge >= 0.3 is 0 Å². The molecule has 0 aliphatic heterocycles. The Morgan fingerprint density at radius 2 is 2.29 bits per heavy atom. The van der Waals surface area contributed by atoms with Crippen LogP contribution in [0, 0.1) is 0 Å². The molecule has 0 bridgehead atoms. The van der Waals surface area contributed by atoms with E-state index < -0.39 is 0 Å². The second kappa shape index (κ2) is 5.29. The normalized spacial score (nSPS) is 12.1. The molecule has 0 aliphatic rings. The predicted octanol–water partition coefficient (Wildman–Crippen LogP) is 3.29. The van der Waals surface area contributed by atoms with Crippen LogP contribution in [0.1, 0.15) is 28.2 Å². The number of amides is 1. The lowest BCUT2D eigenvalue weighted by atomic mass is 10.2. The van der Waals surface area contributed by atoms with Crippen LogP contribution in [-0.2, 0) is 0 Å². The summed E-state index contributed by atoms with van der Waals surface area (Å²) in [6.07, 6.45) is 1.47. The van der Waals surface area contributed by atoms with Crippen molar-refractivity contribution >= 4 is 28.8 Å². The smallest absolute Gasteiger partial charge is 0.253 e. The van der Waals surface area contributed by atoms with Crippen molar-refractivity contribution < 1.29 is 4.79 Å². The molecule has 5 heteroatoms. The zero-order chi connectivity index (χ0) is 12.3. The zero-order valence-electron chi connectivity index (χ0n) is 9.18. The van der Waals surface area contributed by atoms with Crippen LogP contribution in [0.5, 0.6) is 0 Å². The predicted molar refractivity (Wildman–Crippen MR) is 69.4 cm³/mol. The number of halogens is 1. The highest BCUT2D eigenvalue weighted by Crippen LogP contribution is 2.18. The molecule has 1 N–H and O–H groups in total. The van der Waals surface area contributed by atoms with Gasteiger partial charge in [0.15, 0.2) is 0 Å². The molecule has 0 aliphatic carbocycles. The number of nitrogens with zero attached hydrogens (tertiary/aromatic N) is 1. The van der Waals surface area contributed by atoms with Gasteiger partial charge in [-0.3, -0.25) is 4.79 Å². The summed E-state index contributed by atoms with van der Waals surface area (Å²) in [4.78, 5) is 16.9. The van der Waals surface area contributed by atoms with Crippen molar-refractivity contribution in [2.75, 3.05) is 0 Å². The van der Waals surface area contributed by atoms with E-state index in [2.05, 4.69) is 10.3 Å². The van der Waals surface area contributed by atoms with Gasteiger partial charge in [-0.15, -0.1) is 11.3 Å². The van der Waals surface area contributed by atoms with Gasteiger partial charge in [-0.05, 0) is 30.5 Å². The van der Waals surface area contributed by atoms with Gasteiger partial charge in [0.05, 0.1) is 11.6 Å². The Balaban J connectivity index is 2.04. The van der Waals surface area contributed by atoms with Crippen LogP contribution in [0.2, 0.25) is 5.15 Å². The minimum atomic E-state index is -0.143. The number of carbonyl (C=O) groups excluding carboxylic acids is 1. The lowest BCUT2D eigenvalue weighted by Crippen LogP contribution is -2.26. The van der Waals surface area contributed by atoms with Crippen LogP contribution in [0.4, 0.5) is 0 Å². The minimum Gasteiger partial charge on any atom is -0.345 e. The van der Waals surface area contributed by atoms with Crippen molar-refractivity contribution in [1.82, 2.24) is 10.3 Å². The van der Waals surface area contributed by atoms with Gasteiger partial charge in [0.2, 0.25) is 0 Å². The van der Waals surface area contributed by atoms with E-state index in [-0.39, 0.29) is 11.9 Å². The number of aromatic nitrogens is 1. The van der Waals surface area contributed by atoms with E-state index in [0.29, 0.717) is 10.7 Å². The summed E-state index contributed by atoms with van der Waals surface area (Å²) >= 11 is 7.28. The molecule has 88 valence electrons. The molecular formula is C12H11ClN2OS. The fourth-order valence-corrected chi connectivity index (χ4v) is 2.25. The molecule has 0 spiro atoms. The first-order chi connectivity index (χ1) is 8.16. The number of nitrogens with one attached hydrogen (secondary N) is 1. The third-order valence-electron chi connectivity index (χ3n) is 2.31. The molecule has 0 unspecified atom stereocenters.